The van der Waals surface area contributed by atoms with Crippen molar-refractivity contribution in [3.63, 3.8) is 0 Å². The molecule has 1 aromatic rings. The Morgan fingerprint density at radius 1 is 1.09 bits per heavy atom. The SMILES string of the molecule is CC.CC1=CC(C2=CCC(CCN)C(C)(N)C2)=CCC1.CC1CC1.CF.Oc1ccccc1. The second-order valence-electron chi connectivity index (χ2n) is 9.13. The van der Waals surface area contributed by atoms with E-state index in [9.17, 15) is 4.39 Å². The molecule has 0 radical (unpaired) electrons. The molecule has 0 spiro atoms. The lowest BCUT2D eigenvalue weighted by molar-refractivity contribution is 0.268. The van der Waals surface area contributed by atoms with Crippen molar-refractivity contribution in [1.82, 2.24) is 0 Å². The predicted octanol–water partition coefficient (Wildman–Crippen LogP) is 7.48. The highest BCUT2D eigenvalue weighted by molar-refractivity contribution is 5.45. The van der Waals surface area contributed by atoms with Crippen molar-refractivity contribution in [1.29, 1.82) is 0 Å². The molecule has 4 rings (SSSR count). The highest BCUT2D eigenvalue weighted by atomic mass is 19.1. The third kappa shape index (κ3) is 13.4. The van der Waals surface area contributed by atoms with Crippen LogP contribution in [0.1, 0.15) is 79.6 Å². The maximum absolute atomic E-state index is 9.50. The minimum absolute atomic E-state index is 0.108. The predicted molar refractivity (Wildman–Crippen MR) is 143 cm³/mol. The fraction of sp³-hybridized carbons (Fsp3) is 0.586. The van der Waals surface area contributed by atoms with Gasteiger partial charge in [-0.1, -0.05) is 75.6 Å². The molecule has 0 aromatic heterocycles. The van der Waals surface area contributed by atoms with Crippen molar-refractivity contribution in [3.8, 4) is 5.75 Å². The van der Waals surface area contributed by atoms with E-state index in [0.29, 0.717) is 18.8 Å². The van der Waals surface area contributed by atoms with Gasteiger partial charge in [0.25, 0.3) is 0 Å². The highest BCUT2D eigenvalue weighted by Gasteiger charge is 2.33. The van der Waals surface area contributed by atoms with Gasteiger partial charge in [0.1, 0.15) is 5.75 Å². The Kier molecular flexibility index (Phi) is 16.5. The third-order valence-electron chi connectivity index (χ3n) is 5.97. The zero-order chi connectivity index (χ0) is 25.3. The van der Waals surface area contributed by atoms with E-state index in [0.717, 1.165) is 31.7 Å². The van der Waals surface area contributed by atoms with Crippen molar-refractivity contribution in [3.05, 3.63) is 65.3 Å². The first-order valence-corrected chi connectivity index (χ1v) is 12.5. The Balaban J connectivity index is 0.000000556. The molecule has 1 fully saturated rings. The second kappa shape index (κ2) is 17.6. The smallest absolute Gasteiger partial charge is 0.115 e. The van der Waals surface area contributed by atoms with Gasteiger partial charge in [-0.3, -0.25) is 4.39 Å². The van der Waals surface area contributed by atoms with E-state index in [2.05, 4.69) is 39.0 Å². The van der Waals surface area contributed by atoms with Crippen molar-refractivity contribution >= 4 is 0 Å². The van der Waals surface area contributed by atoms with Gasteiger partial charge < -0.3 is 16.6 Å². The van der Waals surface area contributed by atoms with E-state index in [-0.39, 0.29) is 5.54 Å². The van der Waals surface area contributed by atoms with Crippen molar-refractivity contribution < 1.29 is 9.50 Å². The van der Waals surface area contributed by atoms with Crippen LogP contribution in [0.5, 0.6) is 5.75 Å². The largest absolute Gasteiger partial charge is 0.508 e. The number of allylic oxidation sites excluding steroid dienone is 5. The standard InChI is InChI=1S/C16H26N2.C6H6O.C4H8.C2H6.CH3F/c1-12-4-3-5-13(10-12)14-6-7-15(8-9-17)16(2,18)11-14;7-6-4-2-1-3-5-6;1-4-2-3-4;2*1-2/h5-6,10,15H,3-4,7-9,11,17-18H2,1-2H3;1-5,7H;4H,2-3H2,1H3;1-2H3;1H3. The third-order valence-corrected chi connectivity index (χ3v) is 5.97. The van der Waals surface area contributed by atoms with Crippen LogP contribution in [0, 0.1) is 11.8 Å². The molecule has 0 saturated heterocycles. The van der Waals surface area contributed by atoms with E-state index < -0.39 is 0 Å². The van der Waals surface area contributed by atoms with Gasteiger partial charge >= 0.3 is 0 Å². The summed E-state index contributed by atoms with van der Waals surface area (Å²) in [5.41, 5.74) is 16.4. The number of halogens is 1. The molecule has 2 atom stereocenters. The molecule has 1 aromatic carbocycles. The average Bonchev–Trinajstić information content (AvgIpc) is 3.61. The summed E-state index contributed by atoms with van der Waals surface area (Å²) in [6, 6.07) is 8.71. The average molecular weight is 461 g/mol. The summed E-state index contributed by atoms with van der Waals surface area (Å²) in [6.45, 7) is 11.4. The summed E-state index contributed by atoms with van der Waals surface area (Å²) in [7, 11) is 0.500. The molecule has 3 nitrogen and oxygen atoms in total. The zero-order valence-corrected chi connectivity index (χ0v) is 21.9. The molecule has 1 saturated carbocycles. The van der Waals surface area contributed by atoms with Crippen LogP contribution in [0.25, 0.3) is 0 Å². The second-order valence-corrected chi connectivity index (χ2v) is 9.13. The van der Waals surface area contributed by atoms with Crippen LogP contribution >= 0.6 is 0 Å². The van der Waals surface area contributed by atoms with Gasteiger partial charge in [-0.05, 0) is 87.6 Å². The van der Waals surface area contributed by atoms with Crippen LogP contribution in [0.2, 0.25) is 0 Å². The van der Waals surface area contributed by atoms with Crippen molar-refractivity contribution in [2.24, 2.45) is 23.3 Å². The minimum atomic E-state index is -0.108. The zero-order valence-electron chi connectivity index (χ0n) is 21.9. The number of para-hydroxylation sites is 1. The summed E-state index contributed by atoms with van der Waals surface area (Å²) in [6.07, 6.45) is 15.5. The van der Waals surface area contributed by atoms with Gasteiger partial charge in [-0.15, -0.1) is 0 Å². The highest BCUT2D eigenvalue weighted by Crippen LogP contribution is 2.37. The topological polar surface area (TPSA) is 72.3 Å². The van der Waals surface area contributed by atoms with Gasteiger partial charge in [0.2, 0.25) is 0 Å². The number of phenolic OH excluding ortho intramolecular Hbond substituents is 1. The molecule has 4 heteroatoms. The number of hydrogen-bond donors (Lipinski definition) is 3. The number of alkyl halides is 1. The van der Waals surface area contributed by atoms with Gasteiger partial charge in [0.05, 0.1) is 7.18 Å². The molecule has 5 N–H and O–H groups in total. The number of benzene rings is 1. The Morgan fingerprint density at radius 3 is 2.06 bits per heavy atom. The molecule has 0 amide bonds. The first kappa shape index (κ1) is 31.1. The van der Waals surface area contributed by atoms with Crippen LogP contribution in [-0.2, 0) is 0 Å². The molecule has 0 bridgehead atoms. The van der Waals surface area contributed by atoms with Gasteiger partial charge in [0.15, 0.2) is 0 Å². The lowest BCUT2D eigenvalue weighted by Gasteiger charge is -2.38. The Labute approximate surface area is 202 Å². The number of phenols is 1. The number of aromatic hydroxyl groups is 1. The number of rotatable bonds is 3. The van der Waals surface area contributed by atoms with E-state index >= 15 is 0 Å². The maximum Gasteiger partial charge on any atom is 0.115 e. The first-order valence-electron chi connectivity index (χ1n) is 12.5. The van der Waals surface area contributed by atoms with Crippen LogP contribution < -0.4 is 11.5 Å². The van der Waals surface area contributed by atoms with Gasteiger partial charge in [-0.2, -0.15) is 0 Å². The van der Waals surface area contributed by atoms with E-state index in [4.69, 9.17) is 16.6 Å². The molecule has 188 valence electrons. The summed E-state index contributed by atoms with van der Waals surface area (Å²) < 4.78 is 9.50. The molecule has 33 heavy (non-hydrogen) atoms. The van der Waals surface area contributed by atoms with Gasteiger partial charge in [0, 0.05) is 5.54 Å². The molecule has 2 unspecified atom stereocenters. The molecule has 0 aliphatic heterocycles. The van der Waals surface area contributed by atoms with E-state index in [1.165, 1.54) is 42.4 Å². The van der Waals surface area contributed by atoms with Crippen molar-refractivity contribution in [2.45, 2.75) is 85.1 Å². The molecule has 3 aliphatic rings. The minimum Gasteiger partial charge on any atom is -0.508 e. The van der Waals surface area contributed by atoms with Crippen LogP contribution in [0.15, 0.2) is 65.3 Å². The molecular weight excluding hydrogens is 411 g/mol. The van der Waals surface area contributed by atoms with Crippen molar-refractivity contribution in [2.75, 3.05) is 13.7 Å². The lowest BCUT2D eigenvalue weighted by atomic mass is 9.71. The Morgan fingerprint density at radius 2 is 1.67 bits per heavy atom. The van der Waals surface area contributed by atoms with Gasteiger partial charge in [-0.25, -0.2) is 0 Å². The fourth-order valence-electron chi connectivity index (χ4n) is 3.72. The molecular formula is C29H49FN2O. The van der Waals surface area contributed by atoms with E-state index in [1.807, 2.05) is 19.9 Å². The summed E-state index contributed by atoms with van der Waals surface area (Å²) in [5, 5.41) is 8.63. The normalized spacial score (nSPS) is 23.2. The summed E-state index contributed by atoms with van der Waals surface area (Å²) in [5.74, 6) is 1.93. The number of hydrogen-bond acceptors (Lipinski definition) is 3. The van der Waals surface area contributed by atoms with E-state index in [1.54, 1.807) is 24.3 Å². The van der Waals surface area contributed by atoms with Crippen LogP contribution in [0.4, 0.5) is 4.39 Å². The first-order chi connectivity index (χ1) is 15.8. The fourth-order valence-corrected chi connectivity index (χ4v) is 3.72. The number of nitrogens with two attached hydrogens (primary N) is 2. The quantitative estimate of drug-likeness (QED) is 0.438. The summed E-state index contributed by atoms with van der Waals surface area (Å²) >= 11 is 0. The lowest BCUT2D eigenvalue weighted by Crippen LogP contribution is -2.47. The monoisotopic (exact) mass is 460 g/mol. The maximum atomic E-state index is 9.50. The summed E-state index contributed by atoms with van der Waals surface area (Å²) in [4.78, 5) is 0. The van der Waals surface area contributed by atoms with Crippen LogP contribution in [-0.4, -0.2) is 24.4 Å². The Hall–Kier alpha value is -1.91. The molecule has 0 heterocycles. The molecule has 3 aliphatic carbocycles. The van der Waals surface area contributed by atoms with Crippen LogP contribution in [0.3, 0.4) is 0 Å². The Bertz CT molecular complexity index is 718.